The van der Waals surface area contributed by atoms with Crippen LogP contribution in [0.5, 0.6) is 0 Å². The number of benzene rings is 1. The molecule has 31 heavy (non-hydrogen) atoms. The number of halogens is 1. The largest absolute Gasteiger partial charge is 0.387 e. The SMILES string of the molecule is COCC1CCC(CNC(=O)NCC2CCN(CC(O)c3ccc(F)cc3)CC2)CC1. The third-order valence-electron chi connectivity index (χ3n) is 6.86. The van der Waals surface area contributed by atoms with Crippen molar-refractivity contribution in [3.8, 4) is 0 Å². The lowest BCUT2D eigenvalue weighted by atomic mass is 9.82. The second-order valence-electron chi connectivity index (χ2n) is 9.24. The standard InChI is InChI=1S/C24H38FN3O3/c1-31-17-20-4-2-18(3-5-20)14-26-24(30)27-15-19-10-12-28(13-11-19)16-23(29)21-6-8-22(25)9-7-21/h6-9,18-20,23,29H,2-5,10-17H2,1H3,(H2,26,27,30). The number of nitrogens with zero attached hydrogens (tertiary/aromatic N) is 1. The molecule has 2 amide bonds. The number of hydrogen-bond donors (Lipinski definition) is 3. The Bertz CT molecular complexity index is 657. The first-order valence-electron chi connectivity index (χ1n) is 11.7. The highest BCUT2D eigenvalue weighted by Crippen LogP contribution is 2.28. The molecule has 1 aliphatic carbocycles. The van der Waals surface area contributed by atoms with Gasteiger partial charge in [0, 0.05) is 33.4 Å². The fourth-order valence-corrected chi connectivity index (χ4v) is 4.78. The van der Waals surface area contributed by atoms with E-state index in [1.165, 1.54) is 25.0 Å². The van der Waals surface area contributed by atoms with Gasteiger partial charge in [0.25, 0.3) is 0 Å². The van der Waals surface area contributed by atoms with Gasteiger partial charge < -0.3 is 25.4 Å². The van der Waals surface area contributed by atoms with Crippen molar-refractivity contribution >= 4 is 6.03 Å². The number of ether oxygens (including phenoxy) is 1. The van der Waals surface area contributed by atoms with Crippen molar-refractivity contribution in [1.29, 1.82) is 0 Å². The highest BCUT2D eigenvalue weighted by atomic mass is 19.1. The van der Waals surface area contributed by atoms with Gasteiger partial charge in [0.2, 0.25) is 0 Å². The highest BCUT2D eigenvalue weighted by Gasteiger charge is 2.23. The molecule has 0 aromatic heterocycles. The molecule has 0 spiro atoms. The topological polar surface area (TPSA) is 73.8 Å². The molecule has 1 aromatic carbocycles. The third-order valence-corrected chi connectivity index (χ3v) is 6.86. The fraction of sp³-hybridized carbons (Fsp3) is 0.708. The first-order valence-corrected chi connectivity index (χ1v) is 11.7. The molecule has 2 fully saturated rings. The van der Waals surface area contributed by atoms with Gasteiger partial charge in [-0.3, -0.25) is 0 Å². The smallest absolute Gasteiger partial charge is 0.314 e. The van der Waals surface area contributed by atoms with Crippen LogP contribution in [0.4, 0.5) is 9.18 Å². The van der Waals surface area contributed by atoms with Gasteiger partial charge in [-0.1, -0.05) is 12.1 Å². The zero-order valence-corrected chi connectivity index (χ0v) is 18.7. The minimum atomic E-state index is -0.606. The molecule has 1 saturated carbocycles. The van der Waals surface area contributed by atoms with Crippen LogP contribution in [-0.4, -0.2) is 62.5 Å². The van der Waals surface area contributed by atoms with Crippen molar-refractivity contribution in [2.24, 2.45) is 17.8 Å². The van der Waals surface area contributed by atoms with E-state index < -0.39 is 6.10 Å². The van der Waals surface area contributed by atoms with Crippen LogP contribution in [0, 0.1) is 23.6 Å². The average molecular weight is 436 g/mol. The van der Waals surface area contributed by atoms with Gasteiger partial charge in [0.1, 0.15) is 5.82 Å². The predicted octanol–water partition coefficient (Wildman–Crippen LogP) is 3.32. The molecule has 7 heteroatoms. The lowest BCUT2D eigenvalue weighted by molar-refractivity contribution is 0.0894. The maximum absolute atomic E-state index is 13.0. The molecule has 1 aliphatic heterocycles. The molecule has 1 unspecified atom stereocenters. The van der Waals surface area contributed by atoms with Crippen LogP contribution >= 0.6 is 0 Å². The fourth-order valence-electron chi connectivity index (χ4n) is 4.78. The normalized spacial score (nSPS) is 24.0. The Hall–Kier alpha value is -1.70. The van der Waals surface area contributed by atoms with E-state index >= 15 is 0 Å². The van der Waals surface area contributed by atoms with Crippen LogP contribution in [0.3, 0.4) is 0 Å². The number of urea groups is 1. The first-order chi connectivity index (χ1) is 15.0. The van der Waals surface area contributed by atoms with Crippen LogP contribution < -0.4 is 10.6 Å². The molecular weight excluding hydrogens is 397 g/mol. The number of aliphatic hydroxyl groups is 1. The van der Waals surface area contributed by atoms with Gasteiger partial charge >= 0.3 is 6.03 Å². The number of carbonyl (C=O) groups is 1. The molecule has 6 nitrogen and oxygen atoms in total. The summed E-state index contributed by atoms with van der Waals surface area (Å²) in [7, 11) is 1.76. The summed E-state index contributed by atoms with van der Waals surface area (Å²) in [6.07, 6.45) is 6.10. The molecule has 2 aliphatic rings. The summed E-state index contributed by atoms with van der Waals surface area (Å²) >= 11 is 0. The summed E-state index contributed by atoms with van der Waals surface area (Å²) in [5.74, 6) is 1.43. The lowest BCUT2D eigenvalue weighted by Crippen LogP contribution is -2.43. The summed E-state index contributed by atoms with van der Waals surface area (Å²) in [5.41, 5.74) is 0.744. The number of nitrogens with one attached hydrogen (secondary N) is 2. The van der Waals surface area contributed by atoms with Crippen molar-refractivity contribution in [2.75, 3.05) is 46.4 Å². The molecular formula is C24H38FN3O3. The molecule has 3 rings (SSSR count). The number of aliphatic hydroxyl groups excluding tert-OH is 1. The molecule has 1 aromatic rings. The Morgan fingerprint density at radius 3 is 2.16 bits per heavy atom. The summed E-state index contributed by atoms with van der Waals surface area (Å²) in [5, 5.41) is 16.5. The number of likely N-dealkylation sites (tertiary alicyclic amines) is 1. The van der Waals surface area contributed by atoms with E-state index in [2.05, 4.69) is 15.5 Å². The van der Waals surface area contributed by atoms with E-state index in [1.807, 2.05) is 0 Å². The van der Waals surface area contributed by atoms with Gasteiger partial charge in [0.15, 0.2) is 0 Å². The maximum atomic E-state index is 13.0. The zero-order chi connectivity index (χ0) is 22.1. The molecule has 174 valence electrons. The number of rotatable bonds is 9. The summed E-state index contributed by atoms with van der Waals surface area (Å²) in [4.78, 5) is 14.4. The number of carbonyl (C=O) groups excluding carboxylic acids is 1. The van der Waals surface area contributed by atoms with Crippen molar-refractivity contribution in [3.05, 3.63) is 35.6 Å². The second kappa shape index (κ2) is 12.4. The monoisotopic (exact) mass is 435 g/mol. The molecule has 1 heterocycles. The van der Waals surface area contributed by atoms with Gasteiger partial charge in [-0.05, 0) is 87.1 Å². The summed E-state index contributed by atoms with van der Waals surface area (Å²) in [6.45, 7) is 4.66. The molecule has 0 bridgehead atoms. The lowest BCUT2D eigenvalue weighted by Gasteiger charge is -2.33. The Kier molecular flexibility index (Phi) is 9.55. The second-order valence-corrected chi connectivity index (χ2v) is 9.24. The quantitative estimate of drug-likeness (QED) is 0.556. The van der Waals surface area contributed by atoms with Gasteiger partial charge in [-0.25, -0.2) is 9.18 Å². The maximum Gasteiger partial charge on any atom is 0.314 e. The number of hydrogen-bond acceptors (Lipinski definition) is 4. The van der Waals surface area contributed by atoms with E-state index in [-0.39, 0.29) is 11.8 Å². The van der Waals surface area contributed by atoms with Crippen LogP contribution in [0.25, 0.3) is 0 Å². The number of methoxy groups -OCH3 is 1. The van der Waals surface area contributed by atoms with Gasteiger partial charge in [0.05, 0.1) is 6.10 Å². The Balaban J connectivity index is 1.26. The van der Waals surface area contributed by atoms with E-state index in [9.17, 15) is 14.3 Å². The number of amides is 2. The Morgan fingerprint density at radius 2 is 1.58 bits per heavy atom. The molecule has 0 radical (unpaired) electrons. The average Bonchev–Trinajstić information content (AvgIpc) is 2.79. The molecule has 1 atom stereocenters. The zero-order valence-electron chi connectivity index (χ0n) is 18.7. The minimum absolute atomic E-state index is 0.0619. The number of β-amino-alcohol motifs (C(OH)–C–C–N with tert-alkyl or cyclic N) is 1. The van der Waals surface area contributed by atoms with Crippen LogP contribution in [0.1, 0.15) is 50.2 Å². The highest BCUT2D eigenvalue weighted by molar-refractivity contribution is 5.73. The van der Waals surface area contributed by atoms with E-state index in [1.54, 1.807) is 19.2 Å². The van der Waals surface area contributed by atoms with Gasteiger partial charge in [-0.15, -0.1) is 0 Å². The van der Waals surface area contributed by atoms with Crippen LogP contribution in [0.15, 0.2) is 24.3 Å². The number of piperidine rings is 1. The van der Waals surface area contributed by atoms with Gasteiger partial charge in [-0.2, -0.15) is 0 Å². The van der Waals surface area contributed by atoms with Crippen molar-refractivity contribution in [2.45, 2.75) is 44.6 Å². The third kappa shape index (κ3) is 8.05. The van der Waals surface area contributed by atoms with Crippen molar-refractivity contribution in [1.82, 2.24) is 15.5 Å². The summed E-state index contributed by atoms with van der Waals surface area (Å²) in [6, 6.07) is 5.98. The molecule has 3 N–H and O–H groups in total. The molecule has 1 saturated heterocycles. The van der Waals surface area contributed by atoms with Crippen LogP contribution in [0.2, 0.25) is 0 Å². The van der Waals surface area contributed by atoms with Crippen LogP contribution in [-0.2, 0) is 4.74 Å². The van der Waals surface area contributed by atoms with E-state index in [0.29, 0.717) is 30.8 Å². The van der Waals surface area contributed by atoms with E-state index in [0.717, 1.165) is 57.5 Å². The Labute approximate surface area is 185 Å². The Morgan fingerprint density at radius 1 is 1.03 bits per heavy atom. The van der Waals surface area contributed by atoms with Crippen molar-refractivity contribution < 1.29 is 19.0 Å². The first kappa shape index (κ1) is 24.0. The predicted molar refractivity (Wildman–Crippen MR) is 119 cm³/mol. The summed E-state index contributed by atoms with van der Waals surface area (Å²) < 4.78 is 18.3. The minimum Gasteiger partial charge on any atom is -0.387 e. The van der Waals surface area contributed by atoms with E-state index in [4.69, 9.17) is 4.74 Å². The van der Waals surface area contributed by atoms with Crippen molar-refractivity contribution in [3.63, 3.8) is 0 Å².